The summed E-state index contributed by atoms with van der Waals surface area (Å²) in [4.78, 5) is 22.1. The van der Waals surface area contributed by atoms with Gasteiger partial charge in [0, 0.05) is 22.9 Å². The molecule has 2 aromatic heterocycles. The number of rotatable bonds is 12. The maximum absolute atomic E-state index is 12.4. The van der Waals surface area contributed by atoms with Crippen molar-refractivity contribution in [3.8, 4) is 23.3 Å². The van der Waals surface area contributed by atoms with Gasteiger partial charge in [-0.25, -0.2) is 4.98 Å². The van der Waals surface area contributed by atoms with Crippen molar-refractivity contribution < 1.29 is 14.3 Å². The molecular formula is C47H67N3O3S. The molecule has 2 aliphatic rings. The minimum Gasteiger partial charge on any atom is -0.487 e. The van der Waals surface area contributed by atoms with Gasteiger partial charge in [-0.15, -0.1) is 0 Å². The first-order valence-electron chi connectivity index (χ1n) is 20.3. The Labute approximate surface area is 331 Å². The van der Waals surface area contributed by atoms with E-state index in [9.17, 15) is 4.79 Å². The standard InChI is InChI=1S/C47H67N3O3S/c1-32(2)36-23-21-35(22-24-36)17-14-20-41(51)52-28-16-18-37-25-26-39(29-33(37)3)53-31-40-34(4)49-42(50(40)38-19-15-27-48-30-38)54-47(13)45(9,10)43(5,6)44(7,8)46(47,11)12/h15,19,25-27,29-30,32,35-36H,14,17,20-24,28,31H2,1-13H3. The van der Waals surface area contributed by atoms with Crippen molar-refractivity contribution in [2.45, 2.75) is 151 Å². The molecule has 0 aliphatic heterocycles. The van der Waals surface area contributed by atoms with E-state index in [4.69, 9.17) is 14.5 Å². The fourth-order valence-corrected chi connectivity index (χ4v) is 11.4. The zero-order valence-electron chi connectivity index (χ0n) is 35.6. The average molecular weight is 754 g/mol. The van der Waals surface area contributed by atoms with E-state index in [0.29, 0.717) is 13.0 Å². The van der Waals surface area contributed by atoms with Crippen molar-refractivity contribution in [1.82, 2.24) is 14.5 Å². The number of benzene rings is 1. The van der Waals surface area contributed by atoms with Gasteiger partial charge < -0.3 is 9.47 Å². The van der Waals surface area contributed by atoms with Crippen LogP contribution in [0.1, 0.15) is 144 Å². The van der Waals surface area contributed by atoms with Gasteiger partial charge in [0.15, 0.2) is 11.8 Å². The first kappa shape index (κ1) is 41.9. The first-order valence-corrected chi connectivity index (χ1v) is 21.1. The highest BCUT2D eigenvalue weighted by molar-refractivity contribution is 8.00. The number of pyridine rings is 1. The summed E-state index contributed by atoms with van der Waals surface area (Å²) >= 11 is 1.90. The van der Waals surface area contributed by atoms with E-state index in [-0.39, 0.29) is 39.0 Å². The van der Waals surface area contributed by atoms with E-state index in [1.165, 1.54) is 25.7 Å². The molecule has 0 amide bonds. The minimum atomic E-state index is -0.152. The number of carbonyl (C=O) groups is 1. The Morgan fingerprint density at radius 1 is 0.944 bits per heavy atom. The molecule has 294 valence electrons. The third-order valence-corrected chi connectivity index (χ3v) is 17.2. The molecule has 54 heavy (non-hydrogen) atoms. The topological polar surface area (TPSA) is 66.2 Å². The number of thioether (sulfide) groups is 1. The summed E-state index contributed by atoms with van der Waals surface area (Å²) < 4.78 is 14.0. The molecule has 2 fully saturated rings. The summed E-state index contributed by atoms with van der Waals surface area (Å²) in [6.45, 7) is 31.2. The summed E-state index contributed by atoms with van der Waals surface area (Å²) in [6.07, 6.45) is 11.5. The van der Waals surface area contributed by atoms with Crippen molar-refractivity contribution in [3.63, 3.8) is 0 Å². The highest BCUT2D eigenvalue weighted by Gasteiger charge is 2.74. The Morgan fingerprint density at radius 3 is 2.20 bits per heavy atom. The Hall–Kier alpha value is -3.24. The number of nitrogens with zero attached hydrogens (tertiary/aromatic N) is 3. The van der Waals surface area contributed by atoms with Crippen molar-refractivity contribution in [2.24, 2.45) is 39.4 Å². The summed E-state index contributed by atoms with van der Waals surface area (Å²) in [5, 5.41) is 0.961. The smallest absolute Gasteiger partial charge is 0.306 e. The van der Waals surface area contributed by atoms with Crippen LogP contribution >= 0.6 is 11.8 Å². The number of aromatic nitrogens is 3. The van der Waals surface area contributed by atoms with Crippen LogP contribution in [-0.2, 0) is 16.1 Å². The minimum absolute atomic E-state index is 0.0101. The predicted octanol–water partition coefficient (Wildman–Crippen LogP) is 12.0. The molecule has 0 spiro atoms. The quantitative estimate of drug-likeness (QED) is 0.136. The maximum atomic E-state index is 12.4. The molecule has 0 N–H and O–H groups in total. The number of esters is 1. The van der Waals surface area contributed by atoms with Gasteiger partial charge in [-0.1, -0.05) is 106 Å². The van der Waals surface area contributed by atoms with Crippen LogP contribution in [0.2, 0.25) is 0 Å². The van der Waals surface area contributed by atoms with E-state index in [1.807, 2.05) is 55.3 Å². The number of hydrogen-bond acceptors (Lipinski definition) is 6. The van der Waals surface area contributed by atoms with E-state index in [1.54, 1.807) is 0 Å². The van der Waals surface area contributed by atoms with Crippen molar-refractivity contribution in [3.05, 3.63) is 65.2 Å². The van der Waals surface area contributed by atoms with Gasteiger partial charge in [0.1, 0.15) is 12.4 Å². The second-order valence-electron chi connectivity index (χ2n) is 18.8. The van der Waals surface area contributed by atoms with Gasteiger partial charge in [-0.05, 0) is 122 Å². The van der Waals surface area contributed by atoms with E-state index in [2.05, 4.69) is 111 Å². The van der Waals surface area contributed by atoms with Gasteiger partial charge in [0.05, 0.1) is 23.3 Å². The summed E-state index contributed by atoms with van der Waals surface area (Å²) in [5.74, 6) is 9.27. The Balaban J connectivity index is 1.23. The molecule has 5 rings (SSSR count). The molecule has 0 saturated heterocycles. The predicted molar refractivity (Wildman–Crippen MR) is 223 cm³/mol. The number of imidazole rings is 1. The molecule has 0 bridgehead atoms. The lowest BCUT2D eigenvalue weighted by atomic mass is 9.57. The number of carbonyl (C=O) groups excluding carboxylic acids is 1. The van der Waals surface area contributed by atoms with Crippen LogP contribution in [0.3, 0.4) is 0 Å². The molecule has 7 heteroatoms. The highest BCUT2D eigenvalue weighted by Crippen LogP contribution is 2.78. The summed E-state index contributed by atoms with van der Waals surface area (Å²) in [7, 11) is 0. The molecular weight excluding hydrogens is 687 g/mol. The second kappa shape index (κ2) is 16.1. The zero-order valence-corrected chi connectivity index (χ0v) is 36.4. The van der Waals surface area contributed by atoms with E-state index in [0.717, 1.165) is 69.7 Å². The third kappa shape index (κ3) is 7.75. The van der Waals surface area contributed by atoms with Crippen molar-refractivity contribution in [2.75, 3.05) is 6.61 Å². The van der Waals surface area contributed by atoms with Gasteiger partial charge in [0.2, 0.25) is 0 Å². The average Bonchev–Trinajstić information content (AvgIpc) is 3.45. The van der Waals surface area contributed by atoms with E-state index >= 15 is 0 Å². The number of hydrogen-bond donors (Lipinski definition) is 0. The SMILES string of the molecule is Cc1cc(OCc2c(C)nc(SC3(C)C(C)(C)C(C)(C)C(C)(C)C3(C)C)n2-c2cccnc2)ccc1C#CCOC(=O)CCCC1CCC(C(C)C)CC1. The van der Waals surface area contributed by atoms with Gasteiger partial charge >= 0.3 is 5.97 Å². The van der Waals surface area contributed by atoms with Crippen LogP contribution < -0.4 is 4.74 Å². The van der Waals surface area contributed by atoms with Crippen molar-refractivity contribution >= 4 is 17.7 Å². The zero-order chi connectivity index (χ0) is 39.7. The van der Waals surface area contributed by atoms with Crippen LogP contribution in [0, 0.1) is 65.1 Å². The Morgan fingerprint density at radius 2 is 1.61 bits per heavy atom. The van der Waals surface area contributed by atoms with Crippen LogP contribution in [0.5, 0.6) is 5.75 Å². The van der Waals surface area contributed by atoms with Gasteiger partial charge in [-0.2, -0.15) is 0 Å². The van der Waals surface area contributed by atoms with Crippen LogP contribution in [-0.4, -0.2) is 31.9 Å². The fraction of sp³-hybridized carbons (Fsp3) is 0.638. The first-order chi connectivity index (χ1) is 25.2. The van der Waals surface area contributed by atoms with Crippen LogP contribution in [0.25, 0.3) is 5.69 Å². The van der Waals surface area contributed by atoms with Crippen molar-refractivity contribution in [1.29, 1.82) is 0 Å². The third-order valence-electron chi connectivity index (χ3n) is 15.3. The maximum Gasteiger partial charge on any atom is 0.306 e. The molecule has 2 heterocycles. The molecule has 0 atom stereocenters. The van der Waals surface area contributed by atoms with Crippen LogP contribution in [0.15, 0.2) is 47.9 Å². The number of aryl methyl sites for hydroxylation is 2. The van der Waals surface area contributed by atoms with Gasteiger partial charge in [0.25, 0.3) is 0 Å². The lowest BCUT2D eigenvalue weighted by molar-refractivity contribution is -0.142. The Bertz CT molecular complexity index is 1810. The largest absolute Gasteiger partial charge is 0.487 e. The molecule has 2 saturated carbocycles. The Kier molecular flexibility index (Phi) is 12.5. The summed E-state index contributed by atoms with van der Waals surface area (Å²) in [5.41, 5.74) is 4.95. The monoisotopic (exact) mass is 753 g/mol. The molecule has 0 radical (unpaired) electrons. The van der Waals surface area contributed by atoms with Gasteiger partial charge in [-0.3, -0.25) is 14.3 Å². The highest BCUT2D eigenvalue weighted by atomic mass is 32.2. The molecule has 1 aromatic carbocycles. The molecule has 2 aliphatic carbocycles. The fourth-order valence-electron chi connectivity index (χ4n) is 9.52. The lowest BCUT2D eigenvalue weighted by Gasteiger charge is -2.49. The molecule has 3 aromatic rings. The summed E-state index contributed by atoms with van der Waals surface area (Å²) in [6, 6.07) is 10.0. The second-order valence-corrected chi connectivity index (χ2v) is 20.1. The molecule has 0 unspecified atom stereocenters. The number of ether oxygens (including phenoxy) is 2. The molecule has 6 nitrogen and oxygen atoms in total. The van der Waals surface area contributed by atoms with E-state index < -0.39 is 0 Å². The normalized spacial score (nSPS) is 22.0. The lowest BCUT2D eigenvalue weighted by Crippen LogP contribution is -2.47. The van der Waals surface area contributed by atoms with Crippen LogP contribution in [0.4, 0.5) is 0 Å².